The van der Waals surface area contributed by atoms with Gasteiger partial charge in [0, 0.05) is 27.4 Å². The van der Waals surface area contributed by atoms with Crippen LogP contribution in [0.25, 0.3) is 10.9 Å². The fourth-order valence-corrected chi connectivity index (χ4v) is 3.54. The number of benzene rings is 2. The minimum atomic E-state index is 0.536. The number of methoxy groups -OCH3 is 2. The predicted octanol–water partition coefficient (Wildman–Crippen LogP) is 5.64. The highest BCUT2D eigenvalue weighted by atomic mass is 35.5. The second-order valence-electron chi connectivity index (χ2n) is 4.59. The van der Waals surface area contributed by atoms with Gasteiger partial charge in [-0.15, -0.1) is 0 Å². The quantitative estimate of drug-likeness (QED) is 0.658. The molecule has 0 bridgehead atoms. The molecule has 0 saturated heterocycles. The average molecular weight is 354 g/mol. The van der Waals surface area contributed by atoms with E-state index in [9.17, 15) is 0 Å². The van der Waals surface area contributed by atoms with E-state index in [2.05, 4.69) is 4.98 Å². The van der Waals surface area contributed by atoms with Gasteiger partial charge in [-0.3, -0.25) is 0 Å². The number of fused-ring (bicyclic) bond motifs is 1. The van der Waals surface area contributed by atoms with Crippen LogP contribution < -0.4 is 9.47 Å². The third-order valence-corrected chi connectivity index (χ3v) is 5.09. The Hall–Kier alpha value is -1.49. The summed E-state index contributed by atoms with van der Waals surface area (Å²) >= 11 is 13.9. The first-order valence-electron chi connectivity index (χ1n) is 6.48. The molecule has 0 spiro atoms. The molecule has 1 N–H and O–H groups in total. The van der Waals surface area contributed by atoms with E-state index in [4.69, 9.17) is 32.7 Å². The SMILES string of the molecule is COc1cc(OC)cc(Sc2c[nH]c3c(Cl)c(Cl)ccc23)c1. The molecule has 3 rings (SSSR count). The molecule has 22 heavy (non-hydrogen) atoms. The van der Waals surface area contributed by atoms with Gasteiger partial charge >= 0.3 is 0 Å². The average Bonchev–Trinajstić information content (AvgIpc) is 2.94. The molecule has 0 aliphatic heterocycles. The van der Waals surface area contributed by atoms with Crippen molar-refractivity contribution in [3.63, 3.8) is 0 Å². The predicted molar refractivity (Wildman–Crippen MR) is 92.0 cm³/mol. The zero-order valence-electron chi connectivity index (χ0n) is 11.9. The highest BCUT2D eigenvalue weighted by molar-refractivity contribution is 7.99. The lowest BCUT2D eigenvalue weighted by Crippen LogP contribution is -1.87. The number of ether oxygens (including phenoxy) is 2. The molecule has 1 heterocycles. The van der Waals surface area contributed by atoms with Crippen LogP contribution >= 0.6 is 35.0 Å². The smallest absolute Gasteiger partial charge is 0.123 e. The van der Waals surface area contributed by atoms with Gasteiger partial charge in [-0.1, -0.05) is 41.0 Å². The highest BCUT2D eigenvalue weighted by Crippen LogP contribution is 2.40. The maximum Gasteiger partial charge on any atom is 0.123 e. The van der Waals surface area contributed by atoms with Crippen LogP contribution in [0.1, 0.15) is 0 Å². The van der Waals surface area contributed by atoms with E-state index in [1.165, 1.54) is 0 Å². The molecule has 0 atom stereocenters. The van der Waals surface area contributed by atoms with Crippen molar-refractivity contribution in [1.29, 1.82) is 0 Å². The summed E-state index contributed by atoms with van der Waals surface area (Å²) in [5, 5.41) is 2.10. The molecular weight excluding hydrogens is 341 g/mol. The Labute approximate surface area is 142 Å². The first kappa shape index (κ1) is 15.4. The summed E-state index contributed by atoms with van der Waals surface area (Å²) in [5.41, 5.74) is 0.839. The van der Waals surface area contributed by atoms with Crippen molar-refractivity contribution in [1.82, 2.24) is 4.98 Å². The molecule has 0 aliphatic rings. The summed E-state index contributed by atoms with van der Waals surface area (Å²) in [5.74, 6) is 1.51. The van der Waals surface area contributed by atoms with E-state index in [1.54, 1.807) is 32.0 Å². The third kappa shape index (κ3) is 2.86. The van der Waals surface area contributed by atoms with E-state index in [0.717, 1.165) is 32.2 Å². The number of nitrogens with one attached hydrogen (secondary N) is 1. The fraction of sp³-hybridized carbons (Fsp3) is 0.125. The van der Waals surface area contributed by atoms with Crippen molar-refractivity contribution >= 4 is 45.9 Å². The minimum Gasteiger partial charge on any atom is -0.497 e. The molecule has 0 aliphatic carbocycles. The molecule has 2 aromatic carbocycles. The molecule has 6 heteroatoms. The van der Waals surface area contributed by atoms with Crippen LogP contribution in [0.3, 0.4) is 0 Å². The summed E-state index contributed by atoms with van der Waals surface area (Å²) in [4.78, 5) is 5.25. The summed E-state index contributed by atoms with van der Waals surface area (Å²) in [6, 6.07) is 9.53. The summed E-state index contributed by atoms with van der Waals surface area (Å²) in [7, 11) is 3.27. The van der Waals surface area contributed by atoms with E-state index >= 15 is 0 Å². The van der Waals surface area contributed by atoms with Crippen LogP contribution in [-0.2, 0) is 0 Å². The monoisotopic (exact) mass is 353 g/mol. The van der Waals surface area contributed by atoms with Crippen molar-refractivity contribution in [2.75, 3.05) is 14.2 Å². The number of hydrogen-bond acceptors (Lipinski definition) is 3. The van der Waals surface area contributed by atoms with E-state index in [1.807, 2.05) is 30.5 Å². The van der Waals surface area contributed by atoms with Crippen molar-refractivity contribution < 1.29 is 9.47 Å². The van der Waals surface area contributed by atoms with Crippen LogP contribution in [0.4, 0.5) is 0 Å². The number of hydrogen-bond donors (Lipinski definition) is 1. The molecule has 1 aromatic heterocycles. The van der Waals surface area contributed by atoms with Gasteiger partial charge < -0.3 is 14.5 Å². The van der Waals surface area contributed by atoms with Crippen molar-refractivity contribution in [3.8, 4) is 11.5 Å². The summed E-state index contributed by atoms with van der Waals surface area (Å²) < 4.78 is 10.6. The Kier molecular flexibility index (Phi) is 4.43. The molecule has 3 nitrogen and oxygen atoms in total. The number of aromatic nitrogens is 1. The van der Waals surface area contributed by atoms with Crippen LogP contribution in [0.2, 0.25) is 10.0 Å². The molecule has 0 unspecified atom stereocenters. The van der Waals surface area contributed by atoms with Gasteiger partial charge in [-0.05, 0) is 18.2 Å². The molecule has 3 aromatic rings. The lowest BCUT2D eigenvalue weighted by molar-refractivity contribution is 0.392. The van der Waals surface area contributed by atoms with Gasteiger partial charge in [0.05, 0.1) is 29.8 Å². The maximum absolute atomic E-state index is 6.23. The van der Waals surface area contributed by atoms with Crippen LogP contribution in [0.15, 0.2) is 46.3 Å². The molecule has 0 radical (unpaired) electrons. The second kappa shape index (κ2) is 6.32. The maximum atomic E-state index is 6.23. The first-order valence-corrected chi connectivity index (χ1v) is 8.05. The number of rotatable bonds is 4. The van der Waals surface area contributed by atoms with Crippen LogP contribution in [0.5, 0.6) is 11.5 Å². The molecular formula is C16H13Cl2NO2S. The van der Waals surface area contributed by atoms with Gasteiger partial charge in [-0.25, -0.2) is 0 Å². The van der Waals surface area contributed by atoms with E-state index in [-0.39, 0.29) is 0 Å². The van der Waals surface area contributed by atoms with E-state index in [0.29, 0.717) is 10.0 Å². The Morgan fingerprint density at radius 2 is 1.68 bits per heavy atom. The number of halogens is 2. The van der Waals surface area contributed by atoms with Crippen molar-refractivity contribution in [3.05, 3.63) is 46.6 Å². The topological polar surface area (TPSA) is 34.2 Å². The largest absolute Gasteiger partial charge is 0.497 e. The molecule has 0 amide bonds. The van der Waals surface area contributed by atoms with Crippen molar-refractivity contribution in [2.45, 2.75) is 9.79 Å². The van der Waals surface area contributed by atoms with Gasteiger partial charge in [0.15, 0.2) is 0 Å². The van der Waals surface area contributed by atoms with Gasteiger partial charge in [-0.2, -0.15) is 0 Å². The second-order valence-corrected chi connectivity index (χ2v) is 6.49. The van der Waals surface area contributed by atoms with Crippen LogP contribution in [-0.4, -0.2) is 19.2 Å². The minimum absolute atomic E-state index is 0.536. The standard InChI is InChI=1S/C16H13Cl2NO2S/c1-20-9-5-10(21-2)7-11(6-9)22-14-8-19-16-12(14)3-4-13(17)15(16)18/h3-8,19H,1-2H3. The third-order valence-electron chi connectivity index (χ3n) is 3.26. The molecule has 114 valence electrons. The number of H-pyrrole nitrogens is 1. The zero-order valence-corrected chi connectivity index (χ0v) is 14.3. The van der Waals surface area contributed by atoms with E-state index < -0.39 is 0 Å². The Bertz CT molecular complexity index is 810. The molecule has 0 fully saturated rings. The lowest BCUT2D eigenvalue weighted by Gasteiger charge is -2.08. The first-order chi connectivity index (χ1) is 10.6. The summed E-state index contributed by atoms with van der Waals surface area (Å²) in [6.07, 6.45) is 1.92. The van der Waals surface area contributed by atoms with Gasteiger partial charge in [0.1, 0.15) is 11.5 Å². The van der Waals surface area contributed by atoms with Crippen molar-refractivity contribution in [2.24, 2.45) is 0 Å². The normalized spacial score (nSPS) is 10.9. The fourth-order valence-electron chi connectivity index (χ4n) is 2.16. The Morgan fingerprint density at radius 1 is 1.00 bits per heavy atom. The van der Waals surface area contributed by atoms with Gasteiger partial charge in [0.2, 0.25) is 0 Å². The Morgan fingerprint density at radius 3 is 2.32 bits per heavy atom. The van der Waals surface area contributed by atoms with Crippen LogP contribution in [0, 0.1) is 0 Å². The van der Waals surface area contributed by atoms with Gasteiger partial charge in [0.25, 0.3) is 0 Å². The molecule has 0 saturated carbocycles. The zero-order chi connectivity index (χ0) is 15.7. The lowest BCUT2D eigenvalue weighted by atomic mass is 10.2. The number of aromatic amines is 1. The summed E-state index contributed by atoms with van der Waals surface area (Å²) in [6.45, 7) is 0. The highest BCUT2D eigenvalue weighted by Gasteiger charge is 2.11. The Balaban J connectivity index is 2.02.